The van der Waals surface area contributed by atoms with Gasteiger partial charge in [-0.1, -0.05) is 29.8 Å². The monoisotopic (exact) mass is 360 g/mol. The zero-order valence-electron chi connectivity index (χ0n) is 13.8. The van der Waals surface area contributed by atoms with Gasteiger partial charge < -0.3 is 15.4 Å². The molecule has 1 aliphatic heterocycles. The molecule has 0 aliphatic carbocycles. The molecular weight excluding hydrogens is 343 g/mol. The number of hydrogen-bond donors (Lipinski definition) is 1. The number of anilines is 1. The van der Waals surface area contributed by atoms with Crippen LogP contribution in [0.25, 0.3) is 0 Å². The minimum atomic E-state index is -0.610. The topological polar surface area (TPSA) is 55.6 Å². The van der Waals surface area contributed by atoms with Crippen LogP contribution in [0.4, 0.5) is 10.1 Å². The average Bonchev–Trinajstić information content (AvgIpc) is 2.58. The quantitative estimate of drug-likeness (QED) is 0.839. The molecule has 1 heterocycles. The Labute approximate surface area is 150 Å². The van der Waals surface area contributed by atoms with Gasteiger partial charge in [0.1, 0.15) is 11.6 Å². The molecule has 0 radical (unpaired) electrons. The van der Waals surface area contributed by atoms with E-state index in [2.05, 4.69) is 6.58 Å². The second kappa shape index (κ2) is 6.86. The van der Waals surface area contributed by atoms with Crippen LogP contribution in [-0.4, -0.2) is 18.5 Å². The Kier molecular flexibility index (Phi) is 4.79. The average molecular weight is 361 g/mol. The predicted octanol–water partition coefficient (Wildman–Crippen LogP) is 3.98. The van der Waals surface area contributed by atoms with E-state index in [1.807, 2.05) is 19.1 Å². The van der Waals surface area contributed by atoms with Crippen molar-refractivity contribution in [2.24, 2.45) is 5.73 Å². The first kappa shape index (κ1) is 17.5. The van der Waals surface area contributed by atoms with Gasteiger partial charge in [0, 0.05) is 12.6 Å². The lowest BCUT2D eigenvalue weighted by molar-refractivity contribution is -0.120. The highest BCUT2D eigenvalue weighted by atomic mass is 35.5. The molecule has 6 heteroatoms. The molecule has 1 atom stereocenters. The molecule has 2 N–H and O–H groups in total. The summed E-state index contributed by atoms with van der Waals surface area (Å²) >= 11 is 6.12. The van der Waals surface area contributed by atoms with Crippen LogP contribution in [0.15, 0.2) is 43.0 Å². The van der Waals surface area contributed by atoms with Crippen LogP contribution >= 0.6 is 11.6 Å². The summed E-state index contributed by atoms with van der Waals surface area (Å²) in [6.07, 6.45) is 2.04. The van der Waals surface area contributed by atoms with Crippen molar-refractivity contribution in [1.29, 1.82) is 0 Å². The fourth-order valence-electron chi connectivity index (χ4n) is 2.91. The molecule has 0 saturated carbocycles. The summed E-state index contributed by atoms with van der Waals surface area (Å²) in [5.41, 5.74) is 8.29. The van der Waals surface area contributed by atoms with Gasteiger partial charge in [0.05, 0.1) is 16.8 Å². The normalized spacial score (nSPS) is 16.6. The zero-order chi connectivity index (χ0) is 18.1. The summed E-state index contributed by atoms with van der Waals surface area (Å²) in [6, 6.07) is 7.10. The Morgan fingerprint density at radius 1 is 1.44 bits per heavy atom. The molecule has 0 saturated heterocycles. The van der Waals surface area contributed by atoms with Crippen molar-refractivity contribution in [2.75, 3.05) is 11.4 Å². The molecule has 0 spiro atoms. The lowest BCUT2D eigenvalue weighted by Gasteiger charge is -2.34. The van der Waals surface area contributed by atoms with Crippen molar-refractivity contribution >= 4 is 23.2 Å². The highest BCUT2D eigenvalue weighted by Gasteiger charge is 2.33. The molecule has 3 rings (SSSR count). The fourth-order valence-corrected chi connectivity index (χ4v) is 3.07. The number of rotatable bonds is 4. The van der Waals surface area contributed by atoms with Crippen molar-refractivity contribution in [3.8, 4) is 11.5 Å². The molecule has 2 aromatic carbocycles. The van der Waals surface area contributed by atoms with E-state index >= 15 is 0 Å². The molecule has 2 aromatic rings. The number of ether oxygens (including phenoxy) is 1. The van der Waals surface area contributed by atoms with Crippen LogP contribution in [0.3, 0.4) is 0 Å². The van der Waals surface area contributed by atoms with Gasteiger partial charge in [-0.15, -0.1) is 6.58 Å². The summed E-state index contributed by atoms with van der Waals surface area (Å²) < 4.78 is 19.5. The van der Waals surface area contributed by atoms with Crippen molar-refractivity contribution in [2.45, 2.75) is 19.4 Å². The number of hydrogen-bond acceptors (Lipinski definition) is 3. The first-order valence-electron chi connectivity index (χ1n) is 7.85. The molecule has 4 nitrogen and oxygen atoms in total. The molecular formula is C19H18ClFN2O2. The van der Waals surface area contributed by atoms with Crippen LogP contribution in [-0.2, 0) is 11.2 Å². The number of halogens is 2. The number of carbonyl (C=O) groups is 1. The number of aryl methyl sites for hydroxylation is 1. The minimum absolute atomic E-state index is 0.194. The van der Waals surface area contributed by atoms with Crippen molar-refractivity contribution < 1.29 is 13.9 Å². The van der Waals surface area contributed by atoms with E-state index in [9.17, 15) is 9.18 Å². The van der Waals surface area contributed by atoms with E-state index in [1.165, 1.54) is 18.2 Å². The molecule has 0 unspecified atom stereocenters. The third-order valence-corrected chi connectivity index (χ3v) is 4.43. The lowest BCUT2D eigenvalue weighted by Crippen LogP contribution is -2.49. The maximum atomic E-state index is 13.6. The van der Waals surface area contributed by atoms with Gasteiger partial charge in [-0.3, -0.25) is 4.79 Å². The number of benzene rings is 2. The van der Waals surface area contributed by atoms with Gasteiger partial charge in [0.15, 0.2) is 5.75 Å². The van der Waals surface area contributed by atoms with E-state index in [4.69, 9.17) is 22.1 Å². The molecule has 0 bridgehead atoms. The highest BCUT2D eigenvalue weighted by molar-refractivity contribution is 6.32. The molecule has 1 amide bonds. The standard InChI is InChI=1S/C19H18ClFN2O2/c1-3-8-23-17-12(9-15(22)19(23)24)5-4-11(2)18(17)25-16-10-13(21)6-7-14(16)20/h3-7,10,15H,1,8-9,22H2,2H3/t15-/m1/s1. The number of nitrogens with zero attached hydrogens (tertiary/aromatic N) is 1. The Balaban J connectivity index is 2.14. The number of nitrogens with two attached hydrogens (primary N) is 1. The van der Waals surface area contributed by atoms with Gasteiger partial charge in [-0.05, 0) is 36.6 Å². The first-order valence-corrected chi connectivity index (χ1v) is 8.23. The minimum Gasteiger partial charge on any atom is -0.453 e. The summed E-state index contributed by atoms with van der Waals surface area (Å²) in [4.78, 5) is 14.1. The number of fused-ring (bicyclic) bond motifs is 1. The Morgan fingerprint density at radius 3 is 2.92 bits per heavy atom. The van der Waals surface area contributed by atoms with Gasteiger partial charge in [0.25, 0.3) is 0 Å². The summed E-state index contributed by atoms with van der Waals surface area (Å²) in [5, 5.41) is 0.285. The molecule has 0 fully saturated rings. The Hall–Kier alpha value is -2.37. The second-order valence-electron chi connectivity index (χ2n) is 5.94. The third-order valence-electron chi connectivity index (χ3n) is 4.12. The molecule has 0 aromatic heterocycles. The van der Waals surface area contributed by atoms with Crippen LogP contribution in [0.1, 0.15) is 11.1 Å². The third kappa shape index (κ3) is 3.25. The van der Waals surface area contributed by atoms with Gasteiger partial charge in [-0.2, -0.15) is 0 Å². The van der Waals surface area contributed by atoms with Crippen LogP contribution < -0.4 is 15.4 Å². The Bertz CT molecular complexity index is 854. The molecule has 130 valence electrons. The van der Waals surface area contributed by atoms with Crippen molar-refractivity contribution in [1.82, 2.24) is 0 Å². The van der Waals surface area contributed by atoms with E-state index in [1.54, 1.807) is 11.0 Å². The van der Waals surface area contributed by atoms with E-state index < -0.39 is 11.9 Å². The van der Waals surface area contributed by atoms with Gasteiger partial charge >= 0.3 is 0 Å². The van der Waals surface area contributed by atoms with Crippen molar-refractivity contribution in [3.63, 3.8) is 0 Å². The van der Waals surface area contributed by atoms with Gasteiger partial charge in [-0.25, -0.2) is 4.39 Å². The number of carbonyl (C=O) groups excluding carboxylic acids is 1. The van der Waals surface area contributed by atoms with E-state index in [-0.39, 0.29) is 16.7 Å². The lowest BCUT2D eigenvalue weighted by atomic mass is 9.95. The summed E-state index contributed by atoms with van der Waals surface area (Å²) in [5.74, 6) is 0.00206. The summed E-state index contributed by atoms with van der Waals surface area (Å²) in [6.45, 7) is 5.86. The highest BCUT2D eigenvalue weighted by Crippen LogP contribution is 2.42. The maximum absolute atomic E-state index is 13.6. The smallest absolute Gasteiger partial charge is 0.244 e. The number of amides is 1. The maximum Gasteiger partial charge on any atom is 0.244 e. The molecule has 25 heavy (non-hydrogen) atoms. The second-order valence-corrected chi connectivity index (χ2v) is 6.35. The van der Waals surface area contributed by atoms with Crippen LogP contribution in [0.5, 0.6) is 11.5 Å². The first-order chi connectivity index (χ1) is 11.9. The molecule has 1 aliphatic rings. The summed E-state index contributed by atoms with van der Waals surface area (Å²) in [7, 11) is 0. The van der Waals surface area contributed by atoms with E-state index in [0.29, 0.717) is 24.4 Å². The van der Waals surface area contributed by atoms with Crippen molar-refractivity contribution in [3.05, 3.63) is 65.0 Å². The predicted molar refractivity (Wildman–Crippen MR) is 96.9 cm³/mol. The largest absolute Gasteiger partial charge is 0.453 e. The van der Waals surface area contributed by atoms with Gasteiger partial charge in [0.2, 0.25) is 5.91 Å². The Morgan fingerprint density at radius 2 is 2.20 bits per heavy atom. The van der Waals surface area contributed by atoms with E-state index in [0.717, 1.165) is 11.1 Å². The SMILES string of the molecule is C=CCN1C(=O)[C@H](N)Cc2ccc(C)c(Oc3cc(F)ccc3Cl)c21. The zero-order valence-corrected chi connectivity index (χ0v) is 14.5. The van der Waals surface area contributed by atoms with Crippen LogP contribution in [0, 0.1) is 12.7 Å². The fraction of sp³-hybridized carbons (Fsp3) is 0.211. The van der Waals surface area contributed by atoms with Crippen LogP contribution in [0.2, 0.25) is 5.02 Å².